The number of aromatic amines is 1. The lowest BCUT2D eigenvalue weighted by Crippen LogP contribution is -2.23. The number of ether oxygens (including phenoxy) is 1. The van der Waals surface area contributed by atoms with Gasteiger partial charge in [0.2, 0.25) is 5.69 Å². The van der Waals surface area contributed by atoms with E-state index in [9.17, 15) is 14.4 Å². The zero-order chi connectivity index (χ0) is 15.4. The number of hydrogen-bond donors (Lipinski definition) is 2. The second-order valence-corrected chi connectivity index (χ2v) is 4.10. The molecule has 2 N–H and O–H groups in total. The number of amides is 1. The van der Waals surface area contributed by atoms with Crippen LogP contribution < -0.4 is 10.9 Å². The van der Waals surface area contributed by atoms with Gasteiger partial charge < -0.3 is 10.1 Å². The van der Waals surface area contributed by atoms with E-state index in [1.54, 1.807) is 24.3 Å². The second-order valence-electron chi connectivity index (χ2n) is 4.10. The van der Waals surface area contributed by atoms with Crippen molar-refractivity contribution in [3.63, 3.8) is 0 Å². The van der Waals surface area contributed by atoms with E-state index >= 15 is 0 Å². The first-order chi connectivity index (χ1) is 10.1. The summed E-state index contributed by atoms with van der Waals surface area (Å²) < 4.78 is 5.55. The van der Waals surface area contributed by atoms with E-state index in [0.717, 1.165) is 4.68 Å². The Morgan fingerprint density at radius 1 is 1.33 bits per heavy atom. The Labute approximate surface area is 119 Å². The average Bonchev–Trinajstić information content (AvgIpc) is 2.88. The third-order valence-corrected chi connectivity index (χ3v) is 2.77. The zero-order valence-electron chi connectivity index (χ0n) is 11.5. The monoisotopic (exact) mass is 290 g/mol. The summed E-state index contributed by atoms with van der Waals surface area (Å²) in [7, 11) is 1.17. The predicted molar refractivity (Wildman–Crippen MR) is 73.5 cm³/mol. The van der Waals surface area contributed by atoms with Gasteiger partial charge in [0.1, 0.15) is 0 Å². The van der Waals surface area contributed by atoms with Crippen molar-refractivity contribution >= 4 is 11.9 Å². The number of benzene rings is 1. The molecule has 0 aliphatic rings. The van der Waals surface area contributed by atoms with Gasteiger partial charge in [-0.15, -0.1) is 5.10 Å². The molecule has 0 fully saturated rings. The second kappa shape index (κ2) is 6.04. The highest BCUT2D eigenvalue weighted by Gasteiger charge is 2.17. The molecule has 0 saturated carbocycles. The summed E-state index contributed by atoms with van der Waals surface area (Å²) in [5.41, 5.74) is -0.0185. The molecule has 0 atom stereocenters. The van der Waals surface area contributed by atoms with E-state index in [1.165, 1.54) is 7.11 Å². The van der Waals surface area contributed by atoms with Crippen LogP contribution in [0.25, 0.3) is 5.69 Å². The zero-order valence-corrected chi connectivity index (χ0v) is 11.5. The summed E-state index contributed by atoms with van der Waals surface area (Å²) in [5, 5.41) is 8.72. The minimum atomic E-state index is -0.811. The van der Waals surface area contributed by atoms with Gasteiger partial charge in [-0.05, 0) is 31.2 Å². The molecular weight excluding hydrogens is 276 g/mol. The molecular formula is C13H14N4O4. The first-order valence-electron chi connectivity index (χ1n) is 6.22. The van der Waals surface area contributed by atoms with Gasteiger partial charge in [0.05, 0.1) is 12.8 Å². The largest absolute Gasteiger partial charge is 0.464 e. The van der Waals surface area contributed by atoms with Crippen molar-refractivity contribution in [2.75, 3.05) is 13.7 Å². The van der Waals surface area contributed by atoms with Crippen molar-refractivity contribution in [3.8, 4) is 5.69 Å². The lowest BCUT2D eigenvalue weighted by Gasteiger charge is -2.04. The van der Waals surface area contributed by atoms with Gasteiger partial charge in [0, 0.05) is 12.1 Å². The number of rotatable bonds is 4. The molecule has 0 spiro atoms. The van der Waals surface area contributed by atoms with E-state index in [-0.39, 0.29) is 11.6 Å². The summed E-state index contributed by atoms with van der Waals surface area (Å²) in [6.45, 7) is 2.36. The summed E-state index contributed by atoms with van der Waals surface area (Å²) in [4.78, 5) is 34.9. The SMILES string of the molecule is CCNC(=O)c1ccc(-n2[nH]nc(C(=O)OC)c2=O)cc1. The highest BCUT2D eigenvalue weighted by molar-refractivity contribution is 5.94. The Morgan fingerprint density at radius 2 is 2.00 bits per heavy atom. The Bertz CT molecular complexity index is 715. The molecule has 8 nitrogen and oxygen atoms in total. The van der Waals surface area contributed by atoms with E-state index in [2.05, 4.69) is 20.4 Å². The van der Waals surface area contributed by atoms with Crippen LogP contribution in [0.1, 0.15) is 27.8 Å². The molecule has 0 radical (unpaired) electrons. The van der Waals surface area contributed by atoms with Gasteiger partial charge in [0.25, 0.3) is 5.91 Å². The minimum absolute atomic E-state index is 0.198. The van der Waals surface area contributed by atoms with Crippen molar-refractivity contribution in [3.05, 3.63) is 45.9 Å². The Kier molecular flexibility index (Phi) is 4.17. The highest BCUT2D eigenvalue weighted by atomic mass is 16.5. The number of nitrogens with zero attached hydrogens (tertiary/aromatic N) is 2. The maximum atomic E-state index is 12.0. The fourth-order valence-electron chi connectivity index (χ4n) is 1.73. The quantitative estimate of drug-likeness (QED) is 0.777. The van der Waals surface area contributed by atoms with Crippen LogP contribution in [0.4, 0.5) is 0 Å². The lowest BCUT2D eigenvalue weighted by molar-refractivity contribution is 0.0592. The summed E-state index contributed by atoms with van der Waals surface area (Å²) in [6, 6.07) is 6.30. The van der Waals surface area contributed by atoms with Crippen LogP contribution >= 0.6 is 0 Å². The molecule has 1 amide bonds. The fraction of sp³-hybridized carbons (Fsp3) is 0.231. The molecule has 21 heavy (non-hydrogen) atoms. The lowest BCUT2D eigenvalue weighted by atomic mass is 10.2. The van der Waals surface area contributed by atoms with Gasteiger partial charge in [-0.2, -0.15) is 0 Å². The molecule has 0 saturated heterocycles. The van der Waals surface area contributed by atoms with Crippen LogP contribution in [0, 0.1) is 0 Å². The maximum absolute atomic E-state index is 12.0. The number of nitrogens with one attached hydrogen (secondary N) is 2. The van der Waals surface area contributed by atoms with E-state index < -0.39 is 11.5 Å². The molecule has 2 rings (SSSR count). The third-order valence-electron chi connectivity index (χ3n) is 2.77. The van der Waals surface area contributed by atoms with Crippen molar-refractivity contribution < 1.29 is 14.3 Å². The van der Waals surface area contributed by atoms with Crippen LogP contribution in [0.3, 0.4) is 0 Å². The molecule has 110 valence electrons. The van der Waals surface area contributed by atoms with E-state index in [1.807, 2.05) is 6.92 Å². The van der Waals surface area contributed by atoms with Crippen molar-refractivity contribution in [2.45, 2.75) is 6.92 Å². The Hall–Kier alpha value is -2.90. The third kappa shape index (κ3) is 2.83. The molecule has 0 aliphatic heterocycles. The maximum Gasteiger partial charge on any atom is 0.364 e. The smallest absolute Gasteiger partial charge is 0.364 e. The average molecular weight is 290 g/mol. The number of carbonyl (C=O) groups excluding carboxylic acids is 2. The summed E-state index contributed by atoms with van der Waals surface area (Å²) in [5.74, 6) is -1.01. The topological polar surface area (TPSA) is 106 Å². The summed E-state index contributed by atoms with van der Waals surface area (Å²) >= 11 is 0. The van der Waals surface area contributed by atoms with Crippen molar-refractivity contribution in [1.29, 1.82) is 0 Å². The number of methoxy groups -OCH3 is 1. The van der Waals surface area contributed by atoms with Crippen molar-refractivity contribution in [1.82, 2.24) is 20.3 Å². The molecule has 0 unspecified atom stereocenters. The summed E-state index contributed by atoms with van der Waals surface area (Å²) in [6.07, 6.45) is 0. The number of H-pyrrole nitrogens is 1. The Morgan fingerprint density at radius 3 is 2.57 bits per heavy atom. The van der Waals surface area contributed by atoms with Gasteiger partial charge >= 0.3 is 11.5 Å². The van der Waals surface area contributed by atoms with E-state index in [0.29, 0.717) is 17.8 Å². The number of hydrogen-bond acceptors (Lipinski definition) is 5. The molecule has 2 aromatic rings. The predicted octanol–water partition coefficient (Wildman–Crippen LogP) is 0.0969. The normalized spacial score (nSPS) is 10.2. The first kappa shape index (κ1) is 14.5. The molecule has 1 heterocycles. The van der Waals surface area contributed by atoms with E-state index in [4.69, 9.17) is 0 Å². The van der Waals surface area contributed by atoms with Gasteiger partial charge in [-0.3, -0.25) is 9.59 Å². The van der Waals surface area contributed by atoms with Gasteiger partial charge in [-0.1, -0.05) is 0 Å². The van der Waals surface area contributed by atoms with Crippen LogP contribution in [0.5, 0.6) is 0 Å². The molecule has 0 aliphatic carbocycles. The highest BCUT2D eigenvalue weighted by Crippen LogP contribution is 2.07. The van der Waals surface area contributed by atoms with Gasteiger partial charge in [-0.25, -0.2) is 14.7 Å². The van der Waals surface area contributed by atoms with Crippen LogP contribution in [-0.2, 0) is 4.74 Å². The van der Waals surface area contributed by atoms with Crippen LogP contribution in [0.15, 0.2) is 29.1 Å². The number of esters is 1. The minimum Gasteiger partial charge on any atom is -0.464 e. The first-order valence-corrected chi connectivity index (χ1v) is 6.22. The van der Waals surface area contributed by atoms with Crippen molar-refractivity contribution in [2.24, 2.45) is 0 Å². The Balaban J connectivity index is 2.32. The molecule has 0 bridgehead atoms. The molecule has 1 aromatic heterocycles. The molecule has 1 aromatic carbocycles. The van der Waals surface area contributed by atoms with Crippen LogP contribution in [-0.4, -0.2) is 40.5 Å². The number of carbonyl (C=O) groups is 2. The van der Waals surface area contributed by atoms with Crippen LogP contribution in [0.2, 0.25) is 0 Å². The molecule has 8 heteroatoms. The fourth-order valence-corrected chi connectivity index (χ4v) is 1.73. The number of aromatic nitrogens is 3. The van der Waals surface area contributed by atoms with Gasteiger partial charge in [0.15, 0.2) is 0 Å². The standard InChI is InChI=1S/C13H14N4O4/c1-3-14-11(18)8-4-6-9(7-5-8)17-12(19)10(15-16-17)13(20)21-2/h4-7,16H,3H2,1-2H3,(H,14,18).